The quantitative estimate of drug-likeness (QED) is 0.164. The van der Waals surface area contributed by atoms with Gasteiger partial charge in [0.05, 0.1) is 13.2 Å². The molecule has 0 atom stereocenters. The maximum absolute atomic E-state index is 12.9. The van der Waals surface area contributed by atoms with Crippen molar-refractivity contribution in [1.29, 1.82) is 0 Å². The fraction of sp³-hybridized carbons (Fsp3) is 0.286. The zero-order chi connectivity index (χ0) is 32.6. The number of aromatic nitrogens is 1. The Hall–Kier alpha value is -5.13. The molecule has 2 heterocycles. The van der Waals surface area contributed by atoms with Crippen LogP contribution in [0.3, 0.4) is 0 Å². The monoisotopic (exact) mass is 625 g/mol. The molecule has 1 aliphatic rings. The summed E-state index contributed by atoms with van der Waals surface area (Å²) in [6, 6.07) is 20.5. The molecule has 0 radical (unpaired) electrons. The highest BCUT2D eigenvalue weighted by Crippen LogP contribution is 2.30. The third kappa shape index (κ3) is 8.52. The first-order chi connectivity index (χ1) is 22.2. The Balaban J connectivity index is 1.18. The predicted molar refractivity (Wildman–Crippen MR) is 176 cm³/mol. The second-order valence-corrected chi connectivity index (χ2v) is 11.5. The summed E-state index contributed by atoms with van der Waals surface area (Å²) in [6.07, 6.45) is 5.55. The zero-order valence-electron chi connectivity index (χ0n) is 26.2. The number of methoxy groups -OCH3 is 1. The summed E-state index contributed by atoms with van der Waals surface area (Å²) >= 11 is 0. The van der Waals surface area contributed by atoms with Crippen LogP contribution in [-0.2, 0) is 11.3 Å². The third-order valence-corrected chi connectivity index (χ3v) is 7.55. The Morgan fingerprint density at radius 3 is 2.28 bits per heavy atom. The van der Waals surface area contributed by atoms with Gasteiger partial charge in [-0.15, -0.1) is 0 Å². The van der Waals surface area contributed by atoms with E-state index in [1.807, 2.05) is 36.7 Å². The molecule has 0 saturated carbocycles. The van der Waals surface area contributed by atoms with Crippen LogP contribution in [0.25, 0.3) is 5.69 Å². The Kier molecular flexibility index (Phi) is 10.4. The van der Waals surface area contributed by atoms with E-state index in [0.29, 0.717) is 22.7 Å². The number of likely N-dealkylation sites (tertiary alicyclic amines) is 1. The maximum Gasteiger partial charge on any atom is 0.341 e. The van der Waals surface area contributed by atoms with Gasteiger partial charge >= 0.3 is 12.0 Å². The van der Waals surface area contributed by atoms with Gasteiger partial charge in [0.2, 0.25) is 0 Å². The highest BCUT2D eigenvalue weighted by Gasteiger charge is 2.18. The largest absolute Gasteiger partial charge is 0.465 e. The number of amides is 3. The van der Waals surface area contributed by atoms with Gasteiger partial charge in [-0.1, -0.05) is 0 Å². The lowest BCUT2D eigenvalue weighted by atomic mass is 10.1. The number of rotatable bonds is 10. The molecule has 0 bridgehead atoms. The molecular formula is C35H39N5O6. The lowest BCUT2D eigenvalue weighted by Crippen LogP contribution is -2.35. The summed E-state index contributed by atoms with van der Waals surface area (Å²) in [7, 11) is 1.27. The zero-order valence-corrected chi connectivity index (χ0v) is 26.2. The number of nitrogens with zero attached hydrogens (tertiary/aromatic N) is 2. The lowest BCUT2D eigenvalue weighted by Gasteiger charge is -2.29. The number of aliphatic hydroxyl groups excluding tert-OH is 1. The van der Waals surface area contributed by atoms with E-state index in [2.05, 4.69) is 33.1 Å². The number of benzene rings is 3. The van der Waals surface area contributed by atoms with Crippen molar-refractivity contribution < 1.29 is 29.0 Å². The summed E-state index contributed by atoms with van der Waals surface area (Å²) in [6.45, 7) is 6.33. The molecule has 240 valence electrons. The van der Waals surface area contributed by atoms with Crippen LogP contribution < -0.4 is 20.7 Å². The van der Waals surface area contributed by atoms with E-state index < -0.39 is 12.0 Å². The van der Waals surface area contributed by atoms with Gasteiger partial charge in [-0.05, 0) is 105 Å². The van der Waals surface area contributed by atoms with Crippen LogP contribution in [0.2, 0.25) is 0 Å². The van der Waals surface area contributed by atoms with E-state index in [0.717, 1.165) is 38.2 Å². The van der Waals surface area contributed by atoms with Crippen LogP contribution >= 0.6 is 0 Å². The Labute approximate surface area is 268 Å². The molecule has 11 heteroatoms. The van der Waals surface area contributed by atoms with Gasteiger partial charge in [0.25, 0.3) is 5.91 Å². The summed E-state index contributed by atoms with van der Waals surface area (Å²) < 4.78 is 12.9. The average molecular weight is 626 g/mol. The van der Waals surface area contributed by atoms with Gasteiger partial charge in [0, 0.05) is 60.7 Å². The van der Waals surface area contributed by atoms with Gasteiger partial charge in [-0.25, -0.2) is 9.59 Å². The van der Waals surface area contributed by atoms with E-state index in [1.165, 1.54) is 18.7 Å². The van der Waals surface area contributed by atoms with Crippen LogP contribution in [0.5, 0.6) is 11.5 Å². The van der Waals surface area contributed by atoms with E-state index in [4.69, 9.17) is 9.47 Å². The van der Waals surface area contributed by atoms with Crippen molar-refractivity contribution in [2.75, 3.05) is 30.8 Å². The van der Waals surface area contributed by atoms with Crippen LogP contribution in [0, 0.1) is 0 Å². The molecular weight excluding hydrogens is 586 g/mol. The lowest BCUT2D eigenvalue weighted by molar-refractivity contribution is 0.0597. The number of piperidine rings is 1. The Morgan fingerprint density at radius 2 is 1.61 bits per heavy atom. The molecule has 1 saturated heterocycles. The van der Waals surface area contributed by atoms with E-state index in [-0.39, 0.29) is 29.4 Å². The first kappa shape index (κ1) is 32.3. The van der Waals surface area contributed by atoms with Crippen molar-refractivity contribution in [2.45, 2.75) is 45.4 Å². The minimum absolute atomic E-state index is 0.0484. The van der Waals surface area contributed by atoms with E-state index in [9.17, 15) is 19.5 Å². The topological polar surface area (TPSA) is 134 Å². The van der Waals surface area contributed by atoms with Crippen molar-refractivity contribution in [1.82, 2.24) is 14.8 Å². The van der Waals surface area contributed by atoms with Gasteiger partial charge in [0.1, 0.15) is 17.1 Å². The van der Waals surface area contributed by atoms with Gasteiger partial charge in [0.15, 0.2) is 0 Å². The highest BCUT2D eigenvalue weighted by molar-refractivity contribution is 6.04. The number of anilines is 2. The second-order valence-electron chi connectivity index (χ2n) is 11.5. The Morgan fingerprint density at radius 1 is 0.913 bits per heavy atom. The molecule has 0 aliphatic carbocycles. The normalized spacial score (nSPS) is 13.7. The number of hydrogen-bond acceptors (Lipinski definition) is 7. The van der Waals surface area contributed by atoms with Crippen molar-refractivity contribution in [2.24, 2.45) is 0 Å². The smallest absolute Gasteiger partial charge is 0.341 e. The minimum atomic E-state index is -0.617. The SMILES string of the molecule is COC(=O)c1cc(NC(=O)NC(C)C)ccc1Oc1ccc(NC(=O)c2ccc(-n3ccc(CN4CCC(O)CC4)c3)cc2)cc1. The maximum atomic E-state index is 12.9. The molecule has 4 N–H and O–H groups in total. The molecule has 0 spiro atoms. The second kappa shape index (κ2) is 14.8. The van der Waals surface area contributed by atoms with Gasteiger partial charge < -0.3 is 35.1 Å². The fourth-order valence-electron chi connectivity index (χ4n) is 5.15. The number of hydrogen-bond donors (Lipinski definition) is 4. The van der Waals surface area contributed by atoms with Crippen molar-refractivity contribution >= 4 is 29.3 Å². The van der Waals surface area contributed by atoms with Gasteiger partial charge in [-0.2, -0.15) is 0 Å². The minimum Gasteiger partial charge on any atom is -0.465 e. The van der Waals surface area contributed by atoms with Crippen LogP contribution in [0.1, 0.15) is 53.0 Å². The number of esters is 1. The number of nitrogens with one attached hydrogen (secondary N) is 3. The summed E-state index contributed by atoms with van der Waals surface area (Å²) in [5, 5.41) is 18.0. The van der Waals surface area contributed by atoms with Crippen LogP contribution in [0.15, 0.2) is 85.2 Å². The van der Waals surface area contributed by atoms with Crippen LogP contribution in [0.4, 0.5) is 16.2 Å². The van der Waals surface area contributed by atoms with Crippen molar-refractivity contribution in [3.05, 3.63) is 102 Å². The van der Waals surface area contributed by atoms with Crippen molar-refractivity contribution in [3.8, 4) is 17.2 Å². The first-order valence-electron chi connectivity index (χ1n) is 15.2. The number of ether oxygens (including phenoxy) is 2. The number of urea groups is 1. The van der Waals surface area contributed by atoms with Crippen LogP contribution in [-0.4, -0.2) is 64.8 Å². The molecule has 1 aliphatic heterocycles. The molecule has 1 fully saturated rings. The van der Waals surface area contributed by atoms with E-state index >= 15 is 0 Å². The molecule has 1 aromatic heterocycles. The fourth-order valence-corrected chi connectivity index (χ4v) is 5.15. The number of carbonyl (C=O) groups is 3. The molecule has 4 aromatic rings. The third-order valence-electron chi connectivity index (χ3n) is 7.55. The standard InChI is InChI=1S/C35H39N5O6/c1-23(2)36-35(44)38-27-8-13-32(31(20-27)34(43)45-3)46-30-11-6-26(7-12-30)37-33(42)25-4-9-28(10-5-25)40-19-14-24(22-40)21-39-17-15-29(41)16-18-39/h4-14,19-20,22-23,29,41H,15-18,21H2,1-3H3,(H,37,42)(H2,36,38,44). The highest BCUT2D eigenvalue weighted by atomic mass is 16.5. The molecule has 3 aromatic carbocycles. The van der Waals surface area contributed by atoms with Crippen molar-refractivity contribution in [3.63, 3.8) is 0 Å². The average Bonchev–Trinajstić information content (AvgIpc) is 3.51. The molecule has 11 nitrogen and oxygen atoms in total. The Bertz CT molecular complexity index is 1660. The first-order valence-corrected chi connectivity index (χ1v) is 15.2. The molecule has 5 rings (SSSR count). The molecule has 0 unspecified atom stereocenters. The summed E-state index contributed by atoms with van der Waals surface area (Å²) in [5.41, 5.74) is 3.79. The number of aliphatic hydroxyl groups is 1. The predicted octanol–water partition coefficient (Wildman–Crippen LogP) is 5.80. The molecule has 3 amide bonds. The summed E-state index contributed by atoms with van der Waals surface area (Å²) in [5.74, 6) is -0.179. The number of carbonyl (C=O) groups excluding carboxylic acids is 3. The van der Waals surface area contributed by atoms with E-state index in [1.54, 1.807) is 48.5 Å². The summed E-state index contributed by atoms with van der Waals surface area (Å²) in [4.78, 5) is 39.8. The van der Waals surface area contributed by atoms with Gasteiger partial charge in [-0.3, -0.25) is 9.69 Å². The molecule has 46 heavy (non-hydrogen) atoms.